The molecule has 3 heteroatoms. The van der Waals surface area contributed by atoms with Crippen LogP contribution in [0.3, 0.4) is 0 Å². The summed E-state index contributed by atoms with van der Waals surface area (Å²) >= 11 is 12.0. The van der Waals surface area contributed by atoms with Crippen molar-refractivity contribution in [1.29, 1.82) is 0 Å². The average molecular weight is 343 g/mol. The van der Waals surface area contributed by atoms with Crippen molar-refractivity contribution in [3.8, 4) is 0 Å². The van der Waals surface area contributed by atoms with E-state index >= 15 is 0 Å². The Morgan fingerprint density at radius 1 is 0.783 bits per heavy atom. The molecular weight excluding hydrogens is 327 g/mol. The summed E-state index contributed by atoms with van der Waals surface area (Å²) in [5, 5.41) is 1.36. The molecule has 0 bridgehead atoms. The van der Waals surface area contributed by atoms with Gasteiger partial charge in [0, 0.05) is 21.2 Å². The van der Waals surface area contributed by atoms with E-state index in [0.717, 1.165) is 41.5 Å². The number of benzene rings is 2. The number of halogens is 2. The highest BCUT2D eigenvalue weighted by Crippen LogP contribution is 2.28. The Morgan fingerprint density at radius 2 is 1.26 bits per heavy atom. The maximum Gasteiger partial charge on any atom is 0.185 e. The van der Waals surface area contributed by atoms with Gasteiger partial charge in [-0.15, -0.1) is 0 Å². The van der Waals surface area contributed by atoms with Gasteiger partial charge in [0.25, 0.3) is 0 Å². The van der Waals surface area contributed by atoms with Crippen LogP contribution in [0.1, 0.15) is 30.4 Å². The summed E-state index contributed by atoms with van der Waals surface area (Å²) in [6, 6.07) is 15.1. The van der Waals surface area contributed by atoms with Crippen LogP contribution in [-0.4, -0.2) is 5.78 Å². The number of allylic oxidation sites excluding steroid dienone is 2. The highest BCUT2D eigenvalue weighted by molar-refractivity contribution is 6.31. The summed E-state index contributed by atoms with van der Waals surface area (Å²) in [5.41, 5.74) is 3.60. The molecule has 1 nitrogen and oxygen atoms in total. The fourth-order valence-electron chi connectivity index (χ4n) is 2.77. The zero-order valence-corrected chi connectivity index (χ0v) is 14.1. The second-order valence-electron chi connectivity index (χ2n) is 5.63. The molecule has 1 aliphatic rings. The molecular formula is C20H16Cl2O. The molecule has 116 valence electrons. The normalized spacial score (nSPS) is 18.6. The number of ketones is 1. The van der Waals surface area contributed by atoms with Gasteiger partial charge in [-0.3, -0.25) is 4.79 Å². The molecule has 1 aliphatic carbocycles. The molecule has 0 radical (unpaired) electrons. The van der Waals surface area contributed by atoms with Crippen molar-refractivity contribution >= 4 is 41.1 Å². The Labute approximate surface area is 146 Å². The molecule has 1 fully saturated rings. The molecule has 0 unspecified atom stereocenters. The van der Waals surface area contributed by atoms with Crippen molar-refractivity contribution in [3.05, 3.63) is 80.8 Å². The largest absolute Gasteiger partial charge is 0.289 e. The Hall–Kier alpha value is -1.83. The maximum absolute atomic E-state index is 12.7. The van der Waals surface area contributed by atoms with Crippen LogP contribution in [0.5, 0.6) is 0 Å². The molecule has 0 amide bonds. The van der Waals surface area contributed by atoms with Crippen molar-refractivity contribution in [2.45, 2.75) is 19.3 Å². The van der Waals surface area contributed by atoms with Crippen LogP contribution in [0, 0.1) is 0 Å². The van der Waals surface area contributed by atoms with Crippen molar-refractivity contribution in [1.82, 2.24) is 0 Å². The molecule has 0 N–H and O–H groups in total. The first kappa shape index (κ1) is 16.0. The van der Waals surface area contributed by atoms with E-state index in [4.69, 9.17) is 23.2 Å². The lowest BCUT2D eigenvalue weighted by Gasteiger charge is -2.16. The summed E-state index contributed by atoms with van der Waals surface area (Å²) in [4.78, 5) is 12.7. The third-order valence-electron chi connectivity index (χ3n) is 3.85. The number of Topliss-reactive ketones (excluding diaryl/α,β-unsaturated/α-hetero) is 1. The predicted octanol–water partition coefficient (Wildman–Crippen LogP) is 6.21. The first-order valence-electron chi connectivity index (χ1n) is 7.59. The Morgan fingerprint density at radius 3 is 1.70 bits per heavy atom. The summed E-state index contributed by atoms with van der Waals surface area (Å²) in [7, 11) is 0. The van der Waals surface area contributed by atoms with Gasteiger partial charge in [-0.25, -0.2) is 0 Å². The molecule has 0 aromatic heterocycles. The van der Waals surface area contributed by atoms with Crippen molar-refractivity contribution in [2.75, 3.05) is 0 Å². The fraction of sp³-hybridized carbons (Fsp3) is 0.150. The lowest BCUT2D eigenvalue weighted by atomic mass is 9.87. The van der Waals surface area contributed by atoms with E-state index < -0.39 is 0 Å². The first-order valence-corrected chi connectivity index (χ1v) is 8.34. The van der Waals surface area contributed by atoms with E-state index in [9.17, 15) is 4.79 Å². The Balaban J connectivity index is 1.89. The molecule has 1 saturated carbocycles. The summed E-state index contributed by atoms with van der Waals surface area (Å²) in [6.45, 7) is 0. The molecule has 0 spiro atoms. The molecule has 0 aliphatic heterocycles. The van der Waals surface area contributed by atoms with Crippen LogP contribution >= 0.6 is 23.2 Å². The minimum atomic E-state index is 0.121. The van der Waals surface area contributed by atoms with Gasteiger partial charge >= 0.3 is 0 Å². The van der Waals surface area contributed by atoms with E-state index in [0.29, 0.717) is 10.0 Å². The second-order valence-corrected chi connectivity index (χ2v) is 6.50. The van der Waals surface area contributed by atoms with Gasteiger partial charge in [-0.05, 0) is 66.8 Å². The van der Waals surface area contributed by atoms with Crippen LogP contribution in [0.15, 0.2) is 59.7 Å². The average Bonchev–Trinajstić information content (AvgIpc) is 2.51. The molecule has 23 heavy (non-hydrogen) atoms. The molecule has 2 aromatic rings. The summed E-state index contributed by atoms with van der Waals surface area (Å²) in [6.07, 6.45) is 6.47. The standard InChI is InChI=1S/C20H16Cl2O/c21-18-8-1-4-14(12-18)10-16-6-3-7-17(20(16)23)11-15-5-2-9-19(22)13-15/h1-2,4-5,8-13H,3,6-7H2/b16-10+,17-11+. The monoisotopic (exact) mass is 342 g/mol. The van der Waals surface area contributed by atoms with E-state index in [-0.39, 0.29) is 5.78 Å². The second kappa shape index (κ2) is 7.16. The number of carbonyl (C=O) groups is 1. The minimum absolute atomic E-state index is 0.121. The smallest absolute Gasteiger partial charge is 0.185 e. The number of hydrogen-bond acceptors (Lipinski definition) is 1. The van der Waals surface area contributed by atoms with E-state index in [1.165, 1.54) is 0 Å². The van der Waals surface area contributed by atoms with Crippen LogP contribution in [0.4, 0.5) is 0 Å². The molecule has 0 atom stereocenters. The van der Waals surface area contributed by atoms with Crippen LogP contribution in [0.25, 0.3) is 12.2 Å². The zero-order chi connectivity index (χ0) is 16.2. The number of rotatable bonds is 2. The van der Waals surface area contributed by atoms with Crippen LogP contribution < -0.4 is 0 Å². The molecule has 3 rings (SSSR count). The summed E-state index contributed by atoms with van der Waals surface area (Å²) < 4.78 is 0. The highest BCUT2D eigenvalue weighted by Gasteiger charge is 2.20. The number of carbonyl (C=O) groups excluding carboxylic acids is 1. The SMILES string of the molecule is O=C1/C(=C/c2cccc(Cl)c2)CCC/C1=C\c1cccc(Cl)c1. The van der Waals surface area contributed by atoms with Crippen molar-refractivity contribution in [2.24, 2.45) is 0 Å². The van der Waals surface area contributed by atoms with Gasteiger partial charge in [0.05, 0.1) is 0 Å². The Bertz CT molecular complexity index is 737. The van der Waals surface area contributed by atoms with Crippen LogP contribution in [0.2, 0.25) is 10.0 Å². The zero-order valence-electron chi connectivity index (χ0n) is 12.6. The van der Waals surface area contributed by atoms with E-state index in [1.807, 2.05) is 60.7 Å². The van der Waals surface area contributed by atoms with Gasteiger partial charge in [-0.2, -0.15) is 0 Å². The predicted molar refractivity (Wildman–Crippen MR) is 97.7 cm³/mol. The molecule has 2 aromatic carbocycles. The minimum Gasteiger partial charge on any atom is -0.289 e. The maximum atomic E-state index is 12.7. The highest BCUT2D eigenvalue weighted by atomic mass is 35.5. The van der Waals surface area contributed by atoms with E-state index in [1.54, 1.807) is 0 Å². The van der Waals surface area contributed by atoms with Crippen molar-refractivity contribution in [3.63, 3.8) is 0 Å². The fourth-order valence-corrected chi connectivity index (χ4v) is 3.17. The van der Waals surface area contributed by atoms with Gasteiger partial charge in [0.1, 0.15) is 0 Å². The quantitative estimate of drug-likeness (QED) is 0.592. The molecule has 0 heterocycles. The Kier molecular flexibility index (Phi) is 5.00. The molecule has 0 saturated heterocycles. The van der Waals surface area contributed by atoms with Gasteiger partial charge in [0.15, 0.2) is 5.78 Å². The van der Waals surface area contributed by atoms with Gasteiger partial charge in [0.2, 0.25) is 0 Å². The van der Waals surface area contributed by atoms with Crippen molar-refractivity contribution < 1.29 is 4.79 Å². The van der Waals surface area contributed by atoms with Crippen LogP contribution in [-0.2, 0) is 4.79 Å². The van der Waals surface area contributed by atoms with Gasteiger partial charge < -0.3 is 0 Å². The summed E-state index contributed by atoms with van der Waals surface area (Å²) in [5.74, 6) is 0.121. The van der Waals surface area contributed by atoms with E-state index in [2.05, 4.69) is 0 Å². The third-order valence-corrected chi connectivity index (χ3v) is 4.32. The lowest BCUT2D eigenvalue weighted by molar-refractivity contribution is -0.112. The number of hydrogen-bond donors (Lipinski definition) is 0. The van der Waals surface area contributed by atoms with Gasteiger partial charge in [-0.1, -0.05) is 47.5 Å². The third kappa shape index (κ3) is 4.13. The topological polar surface area (TPSA) is 17.1 Å². The first-order chi connectivity index (χ1) is 11.1. The lowest BCUT2D eigenvalue weighted by Crippen LogP contribution is -2.12.